The first-order chi connectivity index (χ1) is 9.20. The van der Waals surface area contributed by atoms with Crippen molar-refractivity contribution in [2.75, 3.05) is 0 Å². The van der Waals surface area contributed by atoms with Gasteiger partial charge in [0.25, 0.3) is 0 Å². The Kier molecular flexibility index (Phi) is 2.50. The van der Waals surface area contributed by atoms with Crippen molar-refractivity contribution in [1.29, 1.82) is 5.26 Å². The lowest BCUT2D eigenvalue weighted by molar-refractivity contribution is 0.570. The van der Waals surface area contributed by atoms with Crippen molar-refractivity contribution in [1.82, 2.24) is 9.55 Å². The molecular formula is C14H7F2N3. The van der Waals surface area contributed by atoms with Crippen LogP contribution in [0.25, 0.3) is 16.7 Å². The predicted molar refractivity (Wildman–Crippen MR) is 65.7 cm³/mol. The standard InChI is InChI=1S/C14H7F2N3/c15-10-5-9(7-17)6-11(16)14(10)19-8-18-12-3-1-2-4-13(12)19/h1-6,8H. The number of rotatable bonds is 1. The van der Waals surface area contributed by atoms with Crippen LogP contribution < -0.4 is 0 Å². The molecule has 0 aliphatic carbocycles. The number of para-hydroxylation sites is 2. The SMILES string of the molecule is N#Cc1cc(F)c(-n2cnc3ccccc32)c(F)c1. The Balaban J connectivity index is 2.31. The second kappa shape index (κ2) is 4.18. The van der Waals surface area contributed by atoms with Crippen LogP contribution in [0, 0.1) is 23.0 Å². The highest BCUT2D eigenvalue weighted by Gasteiger charge is 2.15. The van der Waals surface area contributed by atoms with Crippen LogP contribution in [-0.2, 0) is 0 Å². The third-order valence-corrected chi connectivity index (χ3v) is 2.84. The van der Waals surface area contributed by atoms with Crippen LogP contribution in [0.5, 0.6) is 0 Å². The largest absolute Gasteiger partial charge is 0.293 e. The van der Waals surface area contributed by atoms with E-state index in [2.05, 4.69) is 4.98 Å². The Bertz CT molecular complexity index is 792. The molecule has 0 radical (unpaired) electrons. The smallest absolute Gasteiger partial charge is 0.151 e. The molecule has 1 heterocycles. The van der Waals surface area contributed by atoms with Crippen LogP contribution in [-0.4, -0.2) is 9.55 Å². The first-order valence-electron chi connectivity index (χ1n) is 5.52. The molecule has 2 aromatic carbocycles. The van der Waals surface area contributed by atoms with Gasteiger partial charge < -0.3 is 0 Å². The molecular weight excluding hydrogens is 248 g/mol. The summed E-state index contributed by atoms with van der Waals surface area (Å²) >= 11 is 0. The highest BCUT2D eigenvalue weighted by Crippen LogP contribution is 2.23. The molecule has 3 nitrogen and oxygen atoms in total. The summed E-state index contributed by atoms with van der Waals surface area (Å²) in [5.41, 5.74) is 0.964. The van der Waals surface area contributed by atoms with Crippen LogP contribution in [0.2, 0.25) is 0 Å². The second-order valence-corrected chi connectivity index (χ2v) is 4.00. The van der Waals surface area contributed by atoms with Crippen molar-refractivity contribution >= 4 is 11.0 Å². The monoisotopic (exact) mass is 255 g/mol. The van der Waals surface area contributed by atoms with Gasteiger partial charge in [0.2, 0.25) is 0 Å². The van der Waals surface area contributed by atoms with Gasteiger partial charge in [0.05, 0.1) is 22.7 Å². The first kappa shape index (κ1) is 11.4. The molecule has 0 fully saturated rings. The number of halogens is 2. The molecule has 3 rings (SSSR count). The summed E-state index contributed by atoms with van der Waals surface area (Å²) in [5.74, 6) is -1.58. The maximum Gasteiger partial charge on any atom is 0.151 e. The van der Waals surface area contributed by atoms with Gasteiger partial charge in [-0.3, -0.25) is 4.57 Å². The van der Waals surface area contributed by atoms with E-state index in [1.165, 1.54) is 10.9 Å². The van der Waals surface area contributed by atoms with Crippen LogP contribution >= 0.6 is 0 Å². The molecule has 0 N–H and O–H groups in total. The summed E-state index contributed by atoms with van der Waals surface area (Å²) in [4.78, 5) is 4.08. The molecule has 5 heteroatoms. The van der Waals surface area contributed by atoms with E-state index in [-0.39, 0.29) is 11.3 Å². The van der Waals surface area contributed by atoms with Crippen molar-refractivity contribution in [2.45, 2.75) is 0 Å². The summed E-state index contributed by atoms with van der Waals surface area (Å²) in [6.45, 7) is 0. The first-order valence-corrected chi connectivity index (χ1v) is 5.52. The normalized spacial score (nSPS) is 10.6. The third kappa shape index (κ3) is 1.74. The summed E-state index contributed by atoms with van der Waals surface area (Å²) in [5, 5.41) is 8.68. The van der Waals surface area contributed by atoms with Gasteiger partial charge in [-0.15, -0.1) is 0 Å². The van der Waals surface area contributed by atoms with Crippen LogP contribution in [0.15, 0.2) is 42.7 Å². The van der Waals surface area contributed by atoms with E-state index in [4.69, 9.17) is 5.26 Å². The fourth-order valence-electron chi connectivity index (χ4n) is 2.00. The summed E-state index contributed by atoms with van der Waals surface area (Å²) in [6, 6.07) is 10.8. The zero-order chi connectivity index (χ0) is 13.4. The number of aromatic nitrogens is 2. The molecule has 3 aromatic rings. The number of nitriles is 1. The van der Waals surface area contributed by atoms with Crippen molar-refractivity contribution in [3.63, 3.8) is 0 Å². The van der Waals surface area contributed by atoms with Crippen molar-refractivity contribution < 1.29 is 8.78 Å². The molecule has 1 aromatic heterocycles. The summed E-state index contributed by atoms with van der Waals surface area (Å²) in [6.07, 6.45) is 1.36. The second-order valence-electron chi connectivity index (χ2n) is 4.00. The number of hydrogen-bond donors (Lipinski definition) is 0. The molecule has 0 spiro atoms. The molecule has 0 unspecified atom stereocenters. The molecule has 0 bridgehead atoms. The Morgan fingerprint density at radius 2 is 1.79 bits per heavy atom. The minimum absolute atomic E-state index is 0.0526. The summed E-state index contributed by atoms with van der Waals surface area (Å²) in [7, 11) is 0. The Morgan fingerprint density at radius 3 is 2.47 bits per heavy atom. The minimum atomic E-state index is -0.792. The van der Waals surface area contributed by atoms with Crippen LogP contribution in [0.3, 0.4) is 0 Å². The van der Waals surface area contributed by atoms with Crippen molar-refractivity contribution in [3.8, 4) is 11.8 Å². The molecule has 0 saturated carbocycles. The molecule has 0 aliphatic rings. The molecule has 19 heavy (non-hydrogen) atoms. The molecule has 0 aliphatic heterocycles. The maximum absolute atomic E-state index is 13.9. The predicted octanol–water partition coefficient (Wildman–Crippen LogP) is 3.18. The highest BCUT2D eigenvalue weighted by atomic mass is 19.1. The zero-order valence-corrected chi connectivity index (χ0v) is 9.64. The summed E-state index contributed by atoms with van der Waals surface area (Å²) < 4.78 is 29.2. The minimum Gasteiger partial charge on any atom is -0.293 e. The molecule has 0 amide bonds. The molecule has 0 saturated heterocycles. The lowest BCUT2D eigenvalue weighted by atomic mass is 10.2. The third-order valence-electron chi connectivity index (χ3n) is 2.84. The van der Waals surface area contributed by atoms with Gasteiger partial charge in [0, 0.05) is 0 Å². The van der Waals surface area contributed by atoms with Gasteiger partial charge in [0.15, 0.2) is 11.6 Å². The van der Waals surface area contributed by atoms with Gasteiger partial charge in [-0.05, 0) is 24.3 Å². The highest BCUT2D eigenvalue weighted by molar-refractivity contribution is 5.77. The van der Waals surface area contributed by atoms with Gasteiger partial charge in [-0.1, -0.05) is 12.1 Å². The number of nitrogens with zero attached hydrogens (tertiary/aromatic N) is 3. The Labute approximate surface area is 107 Å². The lowest BCUT2D eigenvalue weighted by Crippen LogP contribution is -2.01. The lowest BCUT2D eigenvalue weighted by Gasteiger charge is -2.07. The number of benzene rings is 2. The van der Waals surface area contributed by atoms with E-state index in [1.807, 2.05) is 0 Å². The van der Waals surface area contributed by atoms with Gasteiger partial charge in [-0.25, -0.2) is 13.8 Å². The van der Waals surface area contributed by atoms with Crippen molar-refractivity contribution in [3.05, 3.63) is 59.9 Å². The van der Waals surface area contributed by atoms with Gasteiger partial charge in [-0.2, -0.15) is 5.26 Å². The van der Waals surface area contributed by atoms with Gasteiger partial charge >= 0.3 is 0 Å². The van der Waals surface area contributed by atoms with Crippen LogP contribution in [0.4, 0.5) is 8.78 Å². The van der Waals surface area contributed by atoms with E-state index >= 15 is 0 Å². The number of imidazole rings is 1. The zero-order valence-electron chi connectivity index (χ0n) is 9.64. The Hall–Kier alpha value is -2.74. The maximum atomic E-state index is 13.9. The molecule has 92 valence electrons. The number of fused-ring (bicyclic) bond motifs is 1. The quantitative estimate of drug-likeness (QED) is 0.670. The topological polar surface area (TPSA) is 41.6 Å². The van der Waals surface area contributed by atoms with E-state index in [1.54, 1.807) is 30.3 Å². The Morgan fingerprint density at radius 1 is 1.11 bits per heavy atom. The van der Waals surface area contributed by atoms with E-state index in [0.717, 1.165) is 12.1 Å². The van der Waals surface area contributed by atoms with Crippen LogP contribution in [0.1, 0.15) is 5.56 Å². The fourth-order valence-corrected chi connectivity index (χ4v) is 2.00. The fraction of sp³-hybridized carbons (Fsp3) is 0. The van der Waals surface area contributed by atoms with Gasteiger partial charge in [0.1, 0.15) is 12.0 Å². The molecule has 0 atom stereocenters. The average Bonchev–Trinajstić information content (AvgIpc) is 2.82. The number of hydrogen-bond acceptors (Lipinski definition) is 2. The average molecular weight is 255 g/mol. The van der Waals surface area contributed by atoms with E-state index in [9.17, 15) is 8.78 Å². The van der Waals surface area contributed by atoms with E-state index < -0.39 is 11.6 Å². The van der Waals surface area contributed by atoms with Crippen molar-refractivity contribution in [2.24, 2.45) is 0 Å². The van der Waals surface area contributed by atoms with E-state index in [0.29, 0.717) is 11.0 Å².